The van der Waals surface area contributed by atoms with Crippen molar-refractivity contribution in [3.8, 4) is 6.07 Å². The summed E-state index contributed by atoms with van der Waals surface area (Å²) in [5, 5.41) is 8.57. The van der Waals surface area contributed by atoms with Gasteiger partial charge < -0.3 is 0 Å². The van der Waals surface area contributed by atoms with Crippen LogP contribution in [0.25, 0.3) is 0 Å². The largest absolute Gasteiger partial charge is 0.193 e. The van der Waals surface area contributed by atoms with Gasteiger partial charge in [0.25, 0.3) is 0 Å². The minimum atomic E-state index is 0.812. The molecule has 0 unspecified atom stereocenters. The van der Waals surface area contributed by atoms with E-state index in [1.54, 1.807) is 11.6 Å². The molecule has 0 bridgehead atoms. The van der Waals surface area contributed by atoms with Crippen LogP contribution in [0.5, 0.6) is 0 Å². The van der Waals surface area contributed by atoms with E-state index in [-0.39, 0.29) is 0 Å². The van der Waals surface area contributed by atoms with Crippen molar-refractivity contribution < 1.29 is 0 Å². The molecule has 0 aliphatic heterocycles. The predicted molar refractivity (Wildman–Crippen MR) is 124 cm³/mol. The van der Waals surface area contributed by atoms with E-state index in [0.717, 1.165) is 30.1 Å². The molecule has 1 aromatic rings. The van der Waals surface area contributed by atoms with E-state index < -0.39 is 0 Å². The summed E-state index contributed by atoms with van der Waals surface area (Å²) in [4.78, 5) is 0. The second-order valence-electron chi connectivity index (χ2n) is 9.78. The molecule has 3 rings (SSSR count). The van der Waals surface area contributed by atoms with Gasteiger partial charge in [0, 0.05) is 6.08 Å². The van der Waals surface area contributed by atoms with Crippen LogP contribution in [-0.2, 0) is 6.42 Å². The Morgan fingerprint density at radius 3 is 1.93 bits per heavy atom. The van der Waals surface area contributed by atoms with Crippen molar-refractivity contribution in [1.82, 2.24) is 0 Å². The second-order valence-corrected chi connectivity index (χ2v) is 9.78. The van der Waals surface area contributed by atoms with Crippen LogP contribution < -0.4 is 0 Å². The lowest BCUT2D eigenvalue weighted by Crippen LogP contribution is -2.17. The maximum atomic E-state index is 8.57. The normalized spacial score (nSPS) is 27.7. The number of hydrogen-bond donors (Lipinski definition) is 0. The van der Waals surface area contributed by atoms with Crippen LogP contribution in [0.3, 0.4) is 0 Å². The summed E-state index contributed by atoms with van der Waals surface area (Å²) in [6, 6.07) is 11.6. The van der Waals surface area contributed by atoms with Crippen LogP contribution >= 0.6 is 0 Å². The molecule has 2 saturated carbocycles. The van der Waals surface area contributed by atoms with Gasteiger partial charge in [-0.1, -0.05) is 82.2 Å². The quantitative estimate of drug-likeness (QED) is 0.388. The van der Waals surface area contributed by atoms with Crippen LogP contribution in [0.4, 0.5) is 0 Å². The highest BCUT2D eigenvalue weighted by molar-refractivity contribution is 5.25. The van der Waals surface area contributed by atoms with Crippen LogP contribution in [0.15, 0.2) is 36.4 Å². The zero-order valence-corrected chi connectivity index (χ0v) is 18.6. The van der Waals surface area contributed by atoms with Gasteiger partial charge in [-0.2, -0.15) is 5.26 Å². The third-order valence-corrected chi connectivity index (χ3v) is 7.72. The van der Waals surface area contributed by atoms with Gasteiger partial charge in [0.2, 0.25) is 0 Å². The third kappa shape index (κ3) is 7.33. The second kappa shape index (κ2) is 12.2. The Morgan fingerprint density at radius 2 is 1.38 bits per heavy atom. The SMILES string of the molecule is CCCc1ccc([C@H]2CC[C@H](CC[C@H]3CC[C@H](CC/C=C/C#N)CC3)CC2)cc1. The molecule has 0 aromatic heterocycles. The van der Waals surface area contributed by atoms with E-state index >= 15 is 0 Å². The maximum Gasteiger partial charge on any atom is 0.0908 e. The molecule has 1 nitrogen and oxygen atoms in total. The average molecular weight is 392 g/mol. The fourth-order valence-electron chi connectivity index (χ4n) is 5.78. The molecule has 0 atom stereocenters. The average Bonchev–Trinajstić information content (AvgIpc) is 2.77. The lowest BCUT2D eigenvalue weighted by Gasteiger charge is -2.32. The Morgan fingerprint density at radius 1 is 0.828 bits per heavy atom. The minimum Gasteiger partial charge on any atom is -0.193 e. The van der Waals surface area contributed by atoms with Crippen LogP contribution in [-0.4, -0.2) is 0 Å². The topological polar surface area (TPSA) is 23.8 Å². The van der Waals surface area contributed by atoms with E-state index in [2.05, 4.69) is 37.3 Å². The van der Waals surface area contributed by atoms with Crippen molar-refractivity contribution in [2.24, 2.45) is 17.8 Å². The van der Waals surface area contributed by atoms with Gasteiger partial charge in [0.1, 0.15) is 0 Å². The summed E-state index contributed by atoms with van der Waals surface area (Å²) < 4.78 is 0. The van der Waals surface area contributed by atoms with Gasteiger partial charge >= 0.3 is 0 Å². The molecule has 0 N–H and O–H groups in total. The Labute approximate surface area is 179 Å². The highest BCUT2D eigenvalue weighted by Gasteiger charge is 2.25. The van der Waals surface area contributed by atoms with Gasteiger partial charge in [-0.15, -0.1) is 0 Å². The fraction of sp³-hybridized carbons (Fsp3) is 0.679. The molecule has 1 aromatic carbocycles. The standard InChI is InChI=1S/C28H41N/c1-2-6-23-14-18-27(19-15-23)28-20-16-26(17-21-28)13-12-25-10-8-24(9-11-25)7-4-3-5-22-29/h3,5,14-15,18-19,24-26,28H,2,4,6-13,16-17,20-21H2,1H3/b5-3+/t24-,25-,26-,28-. The summed E-state index contributed by atoms with van der Waals surface area (Å²) in [6.07, 6.45) is 22.9. The van der Waals surface area contributed by atoms with Crippen LogP contribution in [0.2, 0.25) is 0 Å². The molecule has 0 heterocycles. The number of aryl methyl sites for hydroxylation is 1. The maximum absolute atomic E-state index is 8.57. The Kier molecular flexibility index (Phi) is 9.33. The van der Waals surface area contributed by atoms with Crippen LogP contribution in [0.1, 0.15) is 107 Å². The van der Waals surface area contributed by atoms with Crippen molar-refractivity contribution in [2.75, 3.05) is 0 Å². The highest BCUT2D eigenvalue weighted by atomic mass is 14.3. The lowest BCUT2D eigenvalue weighted by molar-refractivity contribution is 0.225. The van der Waals surface area contributed by atoms with E-state index in [4.69, 9.17) is 5.26 Å². The molecule has 2 fully saturated rings. The first-order valence-corrected chi connectivity index (χ1v) is 12.4. The molecule has 158 valence electrons. The Hall–Kier alpha value is -1.55. The highest BCUT2D eigenvalue weighted by Crippen LogP contribution is 2.40. The molecule has 2 aliphatic carbocycles. The number of rotatable bonds is 9. The zero-order chi connectivity index (χ0) is 20.3. The van der Waals surface area contributed by atoms with Crippen molar-refractivity contribution in [3.63, 3.8) is 0 Å². The van der Waals surface area contributed by atoms with Gasteiger partial charge in [-0.3, -0.25) is 0 Å². The van der Waals surface area contributed by atoms with E-state index in [0.29, 0.717) is 0 Å². The van der Waals surface area contributed by atoms with E-state index in [9.17, 15) is 0 Å². The van der Waals surface area contributed by atoms with E-state index in [1.807, 2.05) is 6.08 Å². The first-order chi connectivity index (χ1) is 14.3. The van der Waals surface area contributed by atoms with Crippen molar-refractivity contribution in [2.45, 2.75) is 103 Å². The number of benzene rings is 1. The number of nitriles is 1. The zero-order valence-electron chi connectivity index (χ0n) is 18.6. The molecule has 0 spiro atoms. The van der Waals surface area contributed by atoms with Gasteiger partial charge in [0.05, 0.1) is 6.07 Å². The van der Waals surface area contributed by atoms with Gasteiger partial charge in [-0.05, 0) is 79.7 Å². The van der Waals surface area contributed by atoms with Gasteiger partial charge in [-0.25, -0.2) is 0 Å². The lowest BCUT2D eigenvalue weighted by atomic mass is 9.74. The molecular formula is C28H41N. The third-order valence-electron chi connectivity index (χ3n) is 7.72. The predicted octanol–water partition coefficient (Wildman–Crippen LogP) is 8.36. The van der Waals surface area contributed by atoms with Crippen LogP contribution in [0, 0.1) is 29.1 Å². The number of hydrogen-bond acceptors (Lipinski definition) is 1. The summed E-state index contributed by atoms with van der Waals surface area (Å²) in [5.74, 6) is 3.70. The molecular weight excluding hydrogens is 350 g/mol. The summed E-state index contributed by atoms with van der Waals surface area (Å²) in [6.45, 7) is 2.26. The summed E-state index contributed by atoms with van der Waals surface area (Å²) in [7, 11) is 0. The smallest absolute Gasteiger partial charge is 0.0908 e. The van der Waals surface area contributed by atoms with Gasteiger partial charge in [0.15, 0.2) is 0 Å². The molecule has 0 amide bonds. The molecule has 29 heavy (non-hydrogen) atoms. The fourth-order valence-corrected chi connectivity index (χ4v) is 5.78. The molecule has 2 aliphatic rings. The monoisotopic (exact) mass is 391 g/mol. The number of nitrogens with zero attached hydrogens (tertiary/aromatic N) is 1. The minimum absolute atomic E-state index is 0.812. The summed E-state index contributed by atoms with van der Waals surface area (Å²) in [5.41, 5.74) is 3.09. The van der Waals surface area contributed by atoms with Crippen molar-refractivity contribution in [1.29, 1.82) is 5.26 Å². The molecule has 1 heteroatoms. The first kappa shape index (κ1) is 22.1. The Balaban J connectivity index is 1.30. The first-order valence-electron chi connectivity index (χ1n) is 12.4. The molecule has 0 radical (unpaired) electrons. The van der Waals surface area contributed by atoms with Crippen molar-refractivity contribution in [3.05, 3.63) is 47.5 Å². The number of allylic oxidation sites excluding steroid dienone is 2. The summed E-state index contributed by atoms with van der Waals surface area (Å²) >= 11 is 0. The van der Waals surface area contributed by atoms with E-state index in [1.165, 1.54) is 89.0 Å². The Bertz CT molecular complexity index is 634. The van der Waals surface area contributed by atoms with Crippen molar-refractivity contribution >= 4 is 0 Å². The molecule has 0 saturated heterocycles.